The smallest absolute Gasteiger partial charge is 0.262 e. The van der Waals surface area contributed by atoms with Gasteiger partial charge in [0.05, 0.1) is 11.1 Å². The van der Waals surface area contributed by atoms with Crippen LogP contribution in [0.5, 0.6) is 0 Å². The van der Waals surface area contributed by atoms with Gasteiger partial charge >= 0.3 is 0 Å². The molecule has 1 aromatic carbocycles. The zero-order valence-corrected chi connectivity index (χ0v) is 21.8. The molecular formula is C25H37Br2NO2. The molecule has 0 saturated heterocycles. The summed E-state index contributed by atoms with van der Waals surface area (Å²) in [6, 6.07) is 3.69. The highest BCUT2D eigenvalue weighted by Gasteiger charge is 2.42. The lowest BCUT2D eigenvalue weighted by molar-refractivity contribution is 0.0562. The Hall–Kier alpha value is -0.680. The third-order valence-corrected chi connectivity index (χ3v) is 7.44. The maximum Gasteiger partial charge on any atom is 0.262 e. The summed E-state index contributed by atoms with van der Waals surface area (Å²) in [6.45, 7) is 4.46. The van der Waals surface area contributed by atoms with E-state index in [2.05, 4.69) is 45.7 Å². The second-order valence-corrected chi connectivity index (χ2v) is 10.2. The minimum Gasteiger partial charge on any atom is -0.271 e. The van der Waals surface area contributed by atoms with Crippen molar-refractivity contribution in [3.63, 3.8) is 0 Å². The molecule has 1 heterocycles. The number of rotatable bonds is 15. The summed E-state index contributed by atoms with van der Waals surface area (Å²) in [4.78, 5) is 28.0. The lowest BCUT2D eigenvalue weighted by Gasteiger charge is -2.26. The van der Waals surface area contributed by atoms with Crippen LogP contribution in [-0.2, 0) is 0 Å². The van der Waals surface area contributed by atoms with Crippen LogP contribution in [0.1, 0.15) is 124 Å². The van der Waals surface area contributed by atoms with Gasteiger partial charge in [-0.15, -0.1) is 0 Å². The maximum atomic E-state index is 13.2. The number of halogens is 2. The van der Waals surface area contributed by atoms with Crippen molar-refractivity contribution in [1.29, 1.82) is 0 Å². The van der Waals surface area contributed by atoms with Crippen LogP contribution in [0.15, 0.2) is 21.1 Å². The van der Waals surface area contributed by atoms with Crippen LogP contribution in [-0.4, -0.2) is 22.8 Å². The molecular weight excluding hydrogens is 506 g/mol. The van der Waals surface area contributed by atoms with Crippen LogP contribution < -0.4 is 0 Å². The van der Waals surface area contributed by atoms with E-state index >= 15 is 0 Å². The van der Waals surface area contributed by atoms with Gasteiger partial charge in [0.1, 0.15) is 0 Å². The monoisotopic (exact) mass is 541 g/mol. The van der Waals surface area contributed by atoms with Crippen LogP contribution in [0.3, 0.4) is 0 Å². The topological polar surface area (TPSA) is 37.4 Å². The number of hydrogen-bond acceptors (Lipinski definition) is 2. The highest BCUT2D eigenvalue weighted by molar-refractivity contribution is 9.11. The largest absolute Gasteiger partial charge is 0.271 e. The lowest BCUT2D eigenvalue weighted by atomic mass is 9.98. The van der Waals surface area contributed by atoms with E-state index in [1.807, 2.05) is 12.1 Å². The number of nitrogens with zero attached hydrogens (tertiary/aromatic N) is 1. The third-order valence-electron chi connectivity index (χ3n) is 6.12. The zero-order chi connectivity index (χ0) is 21.9. The molecule has 0 radical (unpaired) electrons. The SMILES string of the molecule is CCCCCCCCC(CCCCCCCC)N1C(=O)c2c(Br)ccc(Br)c2C1=O. The number of carbonyl (C=O) groups excluding carboxylic acids is 2. The summed E-state index contributed by atoms with van der Waals surface area (Å²) >= 11 is 6.96. The van der Waals surface area contributed by atoms with E-state index in [0.717, 1.165) is 25.7 Å². The normalized spacial score (nSPS) is 13.6. The van der Waals surface area contributed by atoms with E-state index in [4.69, 9.17) is 0 Å². The standard InChI is InChI=1S/C25H37Br2NO2/c1-3-5-7-9-11-13-15-19(16-14-12-10-8-6-4-2)28-24(29)22-20(26)17-18-21(27)23(22)25(28)30/h17-19H,3-16H2,1-2H3. The van der Waals surface area contributed by atoms with Gasteiger partial charge in [0.2, 0.25) is 0 Å². The number of hydrogen-bond donors (Lipinski definition) is 0. The molecule has 5 heteroatoms. The number of imide groups is 1. The third kappa shape index (κ3) is 6.91. The Morgan fingerprint density at radius 3 is 1.43 bits per heavy atom. The molecule has 2 amide bonds. The number of amides is 2. The van der Waals surface area contributed by atoms with E-state index in [1.54, 1.807) is 4.90 Å². The van der Waals surface area contributed by atoms with E-state index in [9.17, 15) is 9.59 Å². The van der Waals surface area contributed by atoms with Gasteiger partial charge < -0.3 is 0 Å². The van der Waals surface area contributed by atoms with Crippen LogP contribution in [0.2, 0.25) is 0 Å². The Morgan fingerprint density at radius 2 is 1.03 bits per heavy atom. The van der Waals surface area contributed by atoms with Crippen LogP contribution in [0.25, 0.3) is 0 Å². The predicted octanol–water partition coefficient (Wildman–Crippen LogP) is 8.68. The van der Waals surface area contributed by atoms with Gasteiger partial charge in [0.25, 0.3) is 11.8 Å². The van der Waals surface area contributed by atoms with E-state index in [-0.39, 0.29) is 17.9 Å². The van der Waals surface area contributed by atoms with Crippen molar-refractivity contribution in [1.82, 2.24) is 4.90 Å². The number of benzene rings is 1. The number of fused-ring (bicyclic) bond motifs is 1. The quantitative estimate of drug-likeness (QED) is 0.164. The Morgan fingerprint density at radius 1 is 0.667 bits per heavy atom. The van der Waals surface area contributed by atoms with E-state index < -0.39 is 0 Å². The van der Waals surface area contributed by atoms with Crippen molar-refractivity contribution in [2.24, 2.45) is 0 Å². The first-order chi connectivity index (χ1) is 14.5. The molecule has 1 aliphatic heterocycles. The average Bonchev–Trinajstić information content (AvgIpc) is 3.00. The second-order valence-electron chi connectivity index (χ2n) is 8.53. The molecule has 0 bridgehead atoms. The Labute approximate surface area is 199 Å². The molecule has 168 valence electrons. The van der Waals surface area contributed by atoms with E-state index in [0.29, 0.717) is 20.1 Å². The minimum atomic E-state index is -0.134. The molecule has 1 aliphatic rings. The zero-order valence-electron chi connectivity index (χ0n) is 18.7. The Bertz CT molecular complexity index is 648. The fourth-order valence-corrected chi connectivity index (χ4v) is 5.36. The first kappa shape index (κ1) is 25.6. The van der Waals surface area contributed by atoms with Crippen LogP contribution >= 0.6 is 31.9 Å². The first-order valence-corrected chi connectivity index (χ1v) is 13.5. The molecule has 0 unspecified atom stereocenters. The van der Waals surface area contributed by atoms with Crippen molar-refractivity contribution < 1.29 is 9.59 Å². The molecule has 2 rings (SSSR count). The second kappa shape index (κ2) is 13.7. The molecule has 30 heavy (non-hydrogen) atoms. The van der Waals surface area contributed by atoms with Crippen LogP contribution in [0.4, 0.5) is 0 Å². The van der Waals surface area contributed by atoms with Gasteiger partial charge in [0.15, 0.2) is 0 Å². The highest BCUT2D eigenvalue weighted by atomic mass is 79.9. The summed E-state index contributed by atoms with van der Waals surface area (Å²) in [5.41, 5.74) is 1.04. The van der Waals surface area contributed by atoms with Gasteiger partial charge in [-0.2, -0.15) is 0 Å². The number of carbonyl (C=O) groups is 2. The van der Waals surface area contributed by atoms with Gasteiger partial charge in [-0.3, -0.25) is 14.5 Å². The summed E-state index contributed by atoms with van der Waals surface area (Å²) in [5, 5.41) is 0. The fraction of sp³-hybridized carbons (Fsp3) is 0.680. The fourth-order valence-electron chi connectivity index (χ4n) is 4.36. The molecule has 0 aromatic heterocycles. The van der Waals surface area contributed by atoms with Crippen molar-refractivity contribution in [2.45, 2.75) is 110 Å². The van der Waals surface area contributed by atoms with Gasteiger partial charge in [-0.25, -0.2) is 0 Å². The van der Waals surface area contributed by atoms with Gasteiger partial charge in [0, 0.05) is 15.0 Å². The summed E-state index contributed by atoms with van der Waals surface area (Å²) in [6.07, 6.45) is 16.5. The van der Waals surface area contributed by atoms with Crippen molar-refractivity contribution >= 4 is 43.7 Å². The first-order valence-electron chi connectivity index (χ1n) is 11.9. The van der Waals surface area contributed by atoms with Gasteiger partial charge in [-0.05, 0) is 56.8 Å². The molecule has 3 nitrogen and oxygen atoms in total. The molecule has 0 spiro atoms. The van der Waals surface area contributed by atoms with Gasteiger partial charge in [-0.1, -0.05) is 90.9 Å². The minimum absolute atomic E-state index is 0.00792. The molecule has 0 N–H and O–H groups in total. The Balaban J connectivity index is 2.03. The predicted molar refractivity (Wildman–Crippen MR) is 132 cm³/mol. The van der Waals surface area contributed by atoms with Crippen molar-refractivity contribution in [3.05, 3.63) is 32.2 Å². The number of unbranched alkanes of at least 4 members (excludes halogenated alkanes) is 10. The van der Waals surface area contributed by atoms with Crippen molar-refractivity contribution in [3.8, 4) is 0 Å². The molecule has 0 atom stereocenters. The Kier molecular flexibility index (Phi) is 11.7. The average molecular weight is 543 g/mol. The summed E-state index contributed by atoms with van der Waals surface area (Å²) < 4.78 is 1.42. The molecule has 0 saturated carbocycles. The molecule has 1 aromatic rings. The summed E-state index contributed by atoms with van der Waals surface area (Å²) in [5.74, 6) is -0.268. The molecule has 0 aliphatic carbocycles. The van der Waals surface area contributed by atoms with E-state index in [1.165, 1.54) is 64.2 Å². The lowest BCUT2D eigenvalue weighted by Crippen LogP contribution is -2.40. The van der Waals surface area contributed by atoms with Crippen LogP contribution in [0, 0.1) is 0 Å². The summed E-state index contributed by atoms with van der Waals surface area (Å²) in [7, 11) is 0. The highest BCUT2D eigenvalue weighted by Crippen LogP contribution is 2.37. The maximum absolute atomic E-state index is 13.2. The molecule has 0 fully saturated rings. The van der Waals surface area contributed by atoms with Crippen molar-refractivity contribution in [2.75, 3.05) is 0 Å².